The van der Waals surface area contributed by atoms with Gasteiger partial charge in [-0.25, -0.2) is 0 Å². The van der Waals surface area contributed by atoms with Crippen molar-refractivity contribution in [1.29, 1.82) is 0 Å². The number of aromatic nitrogens is 2. The summed E-state index contributed by atoms with van der Waals surface area (Å²) in [4.78, 5) is 9.89. The zero-order valence-electron chi connectivity index (χ0n) is 10.3. The fourth-order valence-electron chi connectivity index (χ4n) is 1.74. The smallest absolute Gasteiger partial charge is 0.305 e. The number of rotatable bonds is 5. The first-order valence-corrected chi connectivity index (χ1v) is 5.69. The Morgan fingerprint density at radius 2 is 2.21 bits per heavy atom. The number of hydrogen-bond acceptors (Lipinski definition) is 4. The van der Waals surface area contributed by atoms with Crippen LogP contribution < -0.4 is 5.32 Å². The van der Waals surface area contributed by atoms with E-state index in [1.54, 1.807) is 10.9 Å². The molecule has 1 aromatic carbocycles. The van der Waals surface area contributed by atoms with Gasteiger partial charge in [0.1, 0.15) is 0 Å². The molecule has 0 spiro atoms. The van der Waals surface area contributed by atoms with Gasteiger partial charge in [-0.2, -0.15) is 9.49 Å². The molecule has 19 heavy (non-hydrogen) atoms. The first-order chi connectivity index (χ1) is 9.09. The van der Waals surface area contributed by atoms with Gasteiger partial charge in [-0.3, -0.25) is 14.8 Å². The molecule has 0 bridgehead atoms. The molecular formula is C12H13FN4O2. The summed E-state index contributed by atoms with van der Waals surface area (Å²) in [5, 5.41) is 17.7. The summed E-state index contributed by atoms with van der Waals surface area (Å²) in [7, 11) is 1.81. The second-order valence-electron chi connectivity index (χ2n) is 4.06. The van der Waals surface area contributed by atoms with Crippen LogP contribution in [-0.4, -0.2) is 14.7 Å². The van der Waals surface area contributed by atoms with Crippen molar-refractivity contribution in [3.63, 3.8) is 0 Å². The van der Waals surface area contributed by atoms with Crippen LogP contribution in [0, 0.1) is 15.9 Å². The summed E-state index contributed by atoms with van der Waals surface area (Å²) in [6, 6.07) is 6.00. The predicted molar refractivity (Wildman–Crippen MR) is 66.8 cm³/mol. The second-order valence-corrected chi connectivity index (χ2v) is 4.06. The lowest BCUT2D eigenvalue weighted by atomic mass is 10.2. The van der Waals surface area contributed by atoms with Crippen molar-refractivity contribution in [2.45, 2.75) is 13.1 Å². The molecule has 6 nitrogen and oxygen atoms in total. The predicted octanol–water partition coefficient (Wildman–Crippen LogP) is 1.76. The highest BCUT2D eigenvalue weighted by Gasteiger charge is 2.16. The highest BCUT2D eigenvalue weighted by atomic mass is 19.1. The summed E-state index contributed by atoms with van der Waals surface area (Å²) >= 11 is 0. The third kappa shape index (κ3) is 2.94. The number of halogens is 1. The largest absolute Gasteiger partial charge is 0.307 e. The second kappa shape index (κ2) is 5.57. The molecular weight excluding hydrogens is 251 g/mol. The lowest BCUT2D eigenvalue weighted by Gasteiger charge is -2.06. The summed E-state index contributed by atoms with van der Waals surface area (Å²) in [6.07, 6.45) is 1.67. The van der Waals surface area contributed by atoms with Crippen molar-refractivity contribution in [2.75, 3.05) is 0 Å². The van der Waals surface area contributed by atoms with Gasteiger partial charge in [0.2, 0.25) is 5.82 Å². The molecule has 0 aliphatic carbocycles. The molecule has 0 aliphatic heterocycles. The minimum absolute atomic E-state index is 0.221. The van der Waals surface area contributed by atoms with Crippen molar-refractivity contribution >= 4 is 5.69 Å². The topological polar surface area (TPSA) is 73.0 Å². The van der Waals surface area contributed by atoms with Gasteiger partial charge < -0.3 is 5.32 Å². The number of benzene rings is 1. The molecule has 2 aromatic rings. The first kappa shape index (κ1) is 13.2. The molecule has 1 N–H and O–H groups in total. The van der Waals surface area contributed by atoms with Gasteiger partial charge in [0.25, 0.3) is 0 Å². The average molecular weight is 264 g/mol. The van der Waals surface area contributed by atoms with Crippen LogP contribution in [0.25, 0.3) is 0 Å². The molecule has 100 valence electrons. The van der Waals surface area contributed by atoms with Gasteiger partial charge in [-0.1, -0.05) is 12.1 Å². The van der Waals surface area contributed by atoms with E-state index in [2.05, 4.69) is 10.4 Å². The summed E-state index contributed by atoms with van der Waals surface area (Å²) < 4.78 is 15.5. The normalized spacial score (nSPS) is 10.6. The molecule has 0 fully saturated rings. The molecule has 0 amide bonds. The molecule has 0 aliphatic rings. The van der Waals surface area contributed by atoms with E-state index in [1.807, 2.05) is 13.1 Å². The van der Waals surface area contributed by atoms with Crippen LogP contribution in [0.4, 0.5) is 10.1 Å². The van der Waals surface area contributed by atoms with Crippen LogP contribution in [0.15, 0.2) is 30.5 Å². The number of nitro groups is 1. The van der Waals surface area contributed by atoms with E-state index in [1.165, 1.54) is 12.1 Å². The van der Waals surface area contributed by atoms with Crippen molar-refractivity contribution in [3.05, 3.63) is 57.7 Å². The lowest BCUT2D eigenvalue weighted by molar-refractivity contribution is -0.387. The molecule has 2 rings (SSSR count). The lowest BCUT2D eigenvalue weighted by Crippen LogP contribution is -2.16. The van der Waals surface area contributed by atoms with E-state index in [4.69, 9.17) is 0 Å². The van der Waals surface area contributed by atoms with Gasteiger partial charge in [0.15, 0.2) is 0 Å². The van der Waals surface area contributed by atoms with Crippen LogP contribution in [0.1, 0.15) is 11.3 Å². The molecule has 1 heterocycles. The Bertz CT molecular complexity index is 597. The number of nitro benzene ring substituents is 1. The molecule has 7 heteroatoms. The van der Waals surface area contributed by atoms with Gasteiger partial charge >= 0.3 is 5.69 Å². The van der Waals surface area contributed by atoms with Crippen LogP contribution >= 0.6 is 0 Å². The SMILES string of the molecule is Cn1nccc1CNCc1cccc([N+](=O)[O-])c1F. The van der Waals surface area contributed by atoms with Gasteiger partial charge in [0.05, 0.1) is 10.6 Å². The zero-order chi connectivity index (χ0) is 13.8. The van der Waals surface area contributed by atoms with Crippen LogP contribution in [0.3, 0.4) is 0 Å². The average Bonchev–Trinajstić information content (AvgIpc) is 2.77. The van der Waals surface area contributed by atoms with E-state index in [0.29, 0.717) is 6.54 Å². The van der Waals surface area contributed by atoms with Crippen molar-refractivity contribution < 1.29 is 9.31 Å². The minimum Gasteiger partial charge on any atom is -0.307 e. The maximum absolute atomic E-state index is 13.8. The van der Waals surface area contributed by atoms with Crippen molar-refractivity contribution in [1.82, 2.24) is 15.1 Å². The Morgan fingerprint density at radius 1 is 1.42 bits per heavy atom. The summed E-state index contributed by atoms with van der Waals surface area (Å²) in [6.45, 7) is 0.733. The van der Waals surface area contributed by atoms with E-state index < -0.39 is 16.4 Å². The standard InChI is InChI=1S/C12H13FN4O2/c1-16-10(5-6-15-16)8-14-7-9-3-2-4-11(12(9)13)17(18)19/h2-6,14H,7-8H2,1H3. The number of hydrogen-bond donors (Lipinski definition) is 1. The number of nitrogens with one attached hydrogen (secondary N) is 1. The monoisotopic (exact) mass is 264 g/mol. The zero-order valence-corrected chi connectivity index (χ0v) is 10.3. The molecule has 0 atom stereocenters. The summed E-state index contributed by atoms with van der Waals surface area (Å²) in [5.74, 6) is -0.787. The minimum atomic E-state index is -0.787. The highest BCUT2D eigenvalue weighted by Crippen LogP contribution is 2.19. The van der Waals surface area contributed by atoms with Crippen LogP contribution in [0.2, 0.25) is 0 Å². The molecule has 0 saturated heterocycles. The maximum Gasteiger partial charge on any atom is 0.305 e. The number of nitrogens with zero attached hydrogens (tertiary/aromatic N) is 3. The van der Waals surface area contributed by atoms with E-state index in [0.717, 1.165) is 11.8 Å². The highest BCUT2D eigenvalue weighted by molar-refractivity contribution is 5.36. The Balaban J connectivity index is 2.02. The Kier molecular flexibility index (Phi) is 3.86. The Hall–Kier alpha value is -2.28. The molecule has 1 aromatic heterocycles. The van der Waals surface area contributed by atoms with Crippen LogP contribution in [-0.2, 0) is 20.1 Å². The molecule has 0 radical (unpaired) electrons. The molecule has 0 saturated carbocycles. The van der Waals surface area contributed by atoms with Crippen molar-refractivity contribution in [2.24, 2.45) is 7.05 Å². The van der Waals surface area contributed by atoms with E-state index in [-0.39, 0.29) is 12.1 Å². The Morgan fingerprint density at radius 3 is 2.84 bits per heavy atom. The third-order valence-corrected chi connectivity index (χ3v) is 2.80. The fraction of sp³-hybridized carbons (Fsp3) is 0.250. The number of aryl methyl sites for hydroxylation is 1. The van der Waals surface area contributed by atoms with Gasteiger partial charge in [-0.15, -0.1) is 0 Å². The van der Waals surface area contributed by atoms with E-state index >= 15 is 0 Å². The first-order valence-electron chi connectivity index (χ1n) is 5.69. The molecule has 0 unspecified atom stereocenters. The van der Waals surface area contributed by atoms with Crippen molar-refractivity contribution in [3.8, 4) is 0 Å². The Labute approximate surface area is 109 Å². The van der Waals surface area contributed by atoms with E-state index in [9.17, 15) is 14.5 Å². The quantitative estimate of drug-likeness (QED) is 0.659. The van der Waals surface area contributed by atoms with Gasteiger partial charge in [0, 0.05) is 38.0 Å². The fourth-order valence-corrected chi connectivity index (χ4v) is 1.74. The third-order valence-electron chi connectivity index (χ3n) is 2.80. The summed E-state index contributed by atoms with van der Waals surface area (Å²) in [5.41, 5.74) is 0.724. The van der Waals surface area contributed by atoms with Gasteiger partial charge in [-0.05, 0) is 6.07 Å². The maximum atomic E-state index is 13.8. The van der Waals surface area contributed by atoms with Crippen LogP contribution in [0.5, 0.6) is 0 Å².